The van der Waals surface area contributed by atoms with Crippen molar-refractivity contribution >= 4 is 23.8 Å². The van der Waals surface area contributed by atoms with E-state index in [0.29, 0.717) is 6.42 Å². The summed E-state index contributed by atoms with van der Waals surface area (Å²) in [6.45, 7) is 1.66. The molecule has 1 fully saturated rings. The second-order valence-corrected chi connectivity index (χ2v) is 4.50. The van der Waals surface area contributed by atoms with E-state index < -0.39 is 23.9 Å². The summed E-state index contributed by atoms with van der Waals surface area (Å²) in [5.74, 6) is -1.72. The summed E-state index contributed by atoms with van der Waals surface area (Å²) in [5, 5.41) is 13.4. The molecule has 2 atom stereocenters. The number of urea groups is 1. The second kappa shape index (κ2) is 6.17. The molecule has 1 aliphatic rings. The van der Waals surface area contributed by atoms with Gasteiger partial charge in [0.2, 0.25) is 5.91 Å². The number of likely N-dealkylation sites (tertiary alicyclic amines) is 1. The van der Waals surface area contributed by atoms with Crippen LogP contribution in [0.5, 0.6) is 0 Å². The molecule has 0 saturated carbocycles. The molecule has 0 radical (unpaired) electrons. The summed E-state index contributed by atoms with van der Waals surface area (Å²) in [4.78, 5) is 45.7. The van der Waals surface area contributed by atoms with Gasteiger partial charge in [-0.1, -0.05) is 0 Å². The average molecular weight is 271 g/mol. The van der Waals surface area contributed by atoms with E-state index >= 15 is 0 Å². The van der Waals surface area contributed by atoms with Gasteiger partial charge in [0.25, 0.3) is 5.91 Å². The predicted molar refractivity (Wildman–Crippen MR) is 64.2 cm³/mol. The molecule has 0 spiro atoms. The minimum atomic E-state index is -0.938. The normalized spacial score (nSPS) is 20.3. The summed E-state index contributed by atoms with van der Waals surface area (Å²) >= 11 is 0. The third kappa shape index (κ3) is 4.23. The Morgan fingerprint density at radius 2 is 2.11 bits per heavy atom. The Bertz CT molecular complexity index is 409. The van der Waals surface area contributed by atoms with Crippen molar-refractivity contribution in [3.05, 3.63) is 0 Å². The van der Waals surface area contributed by atoms with E-state index in [-0.39, 0.29) is 24.8 Å². The molecular formula is C11H17N3O5. The number of hydrogen-bond donors (Lipinski definition) is 3. The van der Waals surface area contributed by atoms with Crippen molar-refractivity contribution in [3.8, 4) is 0 Å². The molecule has 0 aromatic heterocycles. The van der Waals surface area contributed by atoms with E-state index in [2.05, 4.69) is 10.6 Å². The largest absolute Gasteiger partial charge is 0.481 e. The van der Waals surface area contributed by atoms with Gasteiger partial charge in [-0.25, -0.2) is 4.79 Å². The van der Waals surface area contributed by atoms with Crippen LogP contribution in [-0.2, 0) is 14.4 Å². The fourth-order valence-corrected chi connectivity index (χ4v) is 1.70. The number of carbonyl (C=O) groups excluding carboxylic acids is 3. The van der Waals surface area contributed by atoms with Crippen LogP contribution in [0.2, 0.25) is 0 Å². The summed E-state index contributed by atoms with van der Waals surface area (Å²) < 4.78 is 0. The maximum Gasteiger partial charge on any atom is 0.315 e. The number of hydrogen-bond acceptors (Lipinski definition) is 4. The van der Waals surface area contributed by atoms with Gasteiger partial charge in [-0.15, -0.1) is 0 Å². The Morgan fingerprint density at radius 3 is 2.58 bits per heavy atom. The second-order valence-electron chi connectivity index (χ2n) is 4.50. The van der Waals surface area contributed by atoms with E-state index in [1.807, 2.05) is 0 Å². The number of likely N-dealkylation sites (N-methyl/N-ethyl adjacent to an activating group) is 1. The number of nitrogens with zero attached hydrogens (tertiary/aromatic N) is 1. The number of aliphatic carboxylic acids is 1. The van der Waals surface area contributed by atoms with Gasteiger partial charge < -0.3 is 15.7 Å². The summed E-state index contributed by atoms with van der Waals surface area (Å²) in [6, 6.07) is -1.76. The smallest absolute Gasteiger partial charge is 0.315 e. The van der Waals surface area contributed by atoms with Crippen molar-refractivity contribution in [1.82, 2.24) is 15.5 Å². The van der Waals surface area contributed by atoms with Crippen LogP contribution in [0.3, 0.4) is 0 Å². The predicted octanol–water partition coefficient (Wildman–Crippen LogP) is -0.704. The van der Waals surface area contributed by atoms with Crippen LogP contribution in [0.4, 0.5) is 4.79 Å². The molecule has 8 nitrogen and oxygen atoms in total. The van der Waals surface area contributed by atoms with Gasteiger partial charge in [0.1, 0.15) is 6.04 Å². The van der Waals surface area contributed by atoms with Crippen molar-refractivity contribution < 1.29 is 24.3 Å². The highest BCUT2D eigenvalue weighted by atomic mass is 16.4. The van der Waals surface area contributed by atoms with Gasteiger partial charge in [0.05, 0.1) is 6.42 Å². The number of carbonyl (C=O) groups is 4. The Morgan fingerprint density at radius 1 is 1.47 bits per heavy atom. The number of imide groups is 1. The molecule has 1 rings (SSSR count). The maximum atomic E-state index is 11.6. The molecule has 1 aliphatic heterocycles. The van der Waals surface area contributed by atoms with Gasteiger partial charge >= 0.3 is 12.0 Å². The van der Waals surface area contributed by atoms with Gasteiger partial charge in [-0.3, -0.25) is 19.3 Å². The lowest BCUT2D eigenvalue weighted by Crippen LogP contribution is -2.48. The topological polar surface area (TPSA) is 116 Å². The quantitative estimate of drug-likeness (QED) is 0.572. The molecule has 0 bridgehead atoms. The molecule has 0 aliphatic carbocycles. The zero-order chi connectivity index (χ0) is 14.6. The fraction of sp³-hybridized carbons (Fsp3) is 0.636. The number of carboxylic acid groups (broad SMARTS) is 1. The summed E-state index contributed by atoms with van der Waals surface area (Å²) in [5.41, 5.74) is 0. The van der Waals surface area contributed by atoms with Gasteiger partial charge in [-0.05, 0) is 13.3 Å². The lowest BCUT2D eigenvalue weighted by Gasteiger charge is -2.16. The molecule has 0 aromatic carbocycles. The van der Waals surface area contributed by atoms with Crippen molar-refractivity contribution in [1.29, 1.82) is 0 Å². The molecule has 8 heteroatoms. The number of amides is 4. The van der Waals surface area contributed by atoms with Crippen LogP contribution in [0.1, 0.15) is 26.2 Å². The van der Waals surface area contributed by atoms with E-state index in [1.54, 1.807) is 6.92 Å². The van der Waals surface area contributed by atoms with Crippen LogP contribution in [0, 0.1) is 0 Å². The van der Waals surface area contributed by atoms with Crippen molar-refractivity contribution in [2.45, 2.75) is 38.3 Å². The Hall–Kier alpha value is -2.12. The lowest BCUT2D eigenvalue weighted by atomic mass is 10.2. The van der Waals surface area contributed by atoms with Gasteiger partial charge in [0.15, 0.2) is 0 Å². The first kappa shape index (κ1) is 14.9. The standard InChI is InChI=1S/C11H17N3O5/c1-6(3-4-9(16)17)12-11(19)13-7-5-8(15)14(2)10(7)18/h6-7H,3-5H2,1-2H3,(H,16,17)(H2,12,13,19). The van der Waals surface area contributed by atoms with Crippen LogP contribution in [0.15, 0.2) is 0 Å². The molecule has 4 amide bonds. The highest BCUT2D eigenvalue weighted by molar-refractivity contribution is 6.06. The Labute approximate surface area is 110 Å². The zero-order valence-electron chi connectivity index (χ0n) is 10.8. The molecule has 1 heterocycles. The fourth-order valence-electron chi connectivity index (χ4n) is 1.70. The third-order valence-electron chi connectivity index (χ3n) is 2.86. The summed E-state index contributed by atoms with van der Waals surface area (Å²) in [6.07, 6.45) is 0.192. The van der Waals surface area contributed by atoms with Crippen LogP contribution >= 0.6 is 0 Å². The van der Waals surface area contributed by atoms with Crippen molar-refractivity contribution in [3.63, 3.8) is 0 Å². The average Bonchev–Trinajstić information content (AvgIpc) is 2.54. The Kier molecular flexibility index (Phi) is 4.85. The monoisotopic (exact) mass is 271 g/mol. The summed E-state index contributed by atoms with van der Waals surface area (Å²) in [7, 11) is 1.36. The third-order valence-corrected chi connectivity index (χ3v) is 2.86. The minimum Gasteiger partial charge on any atom is -0.481 e. The van der Waals surface area contributed by atoms with Gasteiger partial charge in [0, 0.05) is 19.5 Å². The first-order valence-corrected chi connectivity index (χ1v) is 5.90. The molecule has 2 unspecified atom stereocenters. The van der Waals surface area contributed by atoms with E-state index in [4.69, 9.17) is 5.11 Å². The number of nitrogens with one attached hydrogen (secondary N) is 2. The SMILES string of the molecule is CC(CCC(=O)O)NC(=O)NC1CC(=O)N(C)C1=O. The molecule has 19 heavy (non-hydrogen) atoms. The zero-order valence-corrected chi connectivity index (χ0v) is 10.8. The maximum absolute atomic E-state index is 11.6. The molecule has 106 valence electrons. The molecular weight excluding hydrogens is 254 g/mol. The Balaban J connectivity index is 2.37. The highest BCUT2D eigenvalue weighted by Gasteiger charge is 2.36. The lowest BCUT2D eigenvalue weighted by molar-refractivity contribution is -0.138. The number of carboxylic acids is 1. The van der Waals surface area contributed by atoms with E-state index in [0.717, 1.165) is 4.90 Å². The molecule has 3 N–H and O–H groups in total. The molecule has 1 saturated heterocycles. The minimum absolute atomic E-state index is 0.0493. The van der Waals surface area contributed by atoms with Crippen LogP contribution < -0.4 is 10.6 Å². The molecule has 0 aromatic rings. The number of rotatable bonds is 5. The highest BCUT2D eigenvalue weighted by Crippen LogP contribution is 2.10. The first-order chi connectivity index (χ1) is 8.81. The van der Waals surface area contributed by atoms with E-state index in [1.165, 1.54) is 7.05 Å². The van der Waals surface area contributed by atoms with E-state index in [9.17, 15) is 19.2 Å². The van der Waals surface area contributed by atoms with Crippen molar-refractivity contribution in [2.24, 2.45) is 0 Å². The first-order valence-electron chi connectivity index (χ1n) is 5.90. The van der Waals surface area contributed by atoms with Crippen LogP contribution in [0.25, 0.3) is 0 Å². The van der Waals surface area contributed by atoms with Crippen molar-refractivity contribution in [2.75, 3.05) is 7.05 Å². The van der Waals surface area contributed by atoms with Crippen LogP contribution in [-0.4, -0.2) is 53.0 Å². The van der Waals surface area contributed by atoms with Gasteiger partial charge in [-0.2, -0.15) is 0 Å².